The van der Waals surface area contributed by atoms with Crippen molar-refractivity contribution >= 4 is 11.7 Å². The van der Waals surface area contributed by atoms with Crippen molar-refractivity contribution in [3.63, 3.8) is 0 Å². The number of nitrogens with zero attached hydrogens (tertiary/aromatic N) is 1. The van der Waals surface area contributed by atoms with Gasteiger partial charge < -0.3 is 25.9 Å². The number of benzene rings is 1. The minimum Gasteiger partial charge on any atom is -0.544 e. The summed E-state index contributed by atoms with van der Waals surface area (Å²) in [5.41, 5.74) is 6.43. The predicted octanol–water partition coefficient (Wildman–Crippen LogP) is -1.08. The summed E-state index contributed by atoms with van der Waals surface area (Å²) in [6.45, 7) is 0.663. The molecule has 0 fully saturated rings. The SMILES string of the molecule is [NH3+][C@@H](Cc1ccc(NCc2cnc[nH]2)cc1)C(=O)[O-]. The topological polar surface area (TPSA) is 108 Å². The highest BCUT2D eigenvalue weighted by Gasteiger charge is 2.08. The number of hydrogen-bond donors (Lipinski definition) is 3. The van der Waals surface area contributed by atoms with Crippen molar-refractivity contribution in [3.05, 3.63) is 48.0 Å². The van der Waals surface area contributed by atoms with Crippen LogP contribution in [0.25, 0.3) is 0 Å². The number of quaternary nitrogens is 1. The van der Waals surface area contributed by atoms with Crippen LogP contribution < -0.4 is 16.2 Å². The van der Waals surface area contributed by atoms with E-state index in [1.54, 1.807) is 12.5 Å². The number of aromatic amines is 1. The average Bonchev–Trinajstić information content (AvgIpc) is 2.91. The second kappa shape index (κ2) is 6.01. The zero-order chi connectivity index (χ0) is 13.7. The first-order valence-electron chi connectivity index (χ1n) is 5.99. The van der Waals surface area contributed by atoms with Gasteiger partial charge in [-0.05, 0) is 17.7 Å². The molecular weight excluding hydrogens is 244 g/mol. The molecule has 1 heterocycles. The van der Waals surface area contributed by atoms with Gasteiger partial charge in [-0.2, -0.15) is 0 Å². The van der Waals surface area contributed by atoms with Crippen LogP contribution in [0, 0.1) is 0 Å². The standard InChI is InChI=1S/C13H16N4O2/c14-12(13(18)19)5-9-1-3-10(4-2-9)16-7-11-6-15-8-17-11/h1-4,6,8,12,16H,5,7,14H2,(H,15,17)(H,18,19)/t12-/m0/s1. The molecule has 0 aliphatic carbocycles. The molecule has 1 aromatic heterocycles. The molecule has 5 N–H and O–H groups in total. The fourth-order valence-corrected chi connectivity index (χ4v) is 1.71. The van der Waals surface area contributed by atoms with Crippen LogP contribution in [0.5, 0.6) is 0 Å². The van der Waals surface area contributed by atoms with Crippen LogP contribution in [-0.4, -0.2) is 22.0 Å². The Labute approximate surface area is 110 Å². The molecule has 2 rings (SSSR count). The summed E-state index contributed by atoms with van der Waals surface area (Å²) in [5, 5.41) is 13.8. The van der Waals surface area contributed by atoms with Gasteiger partial charge in [-0.15, -0.1) is 0 Å². The van der Waals surface area contributed by atoms with Gasteiger partial charge in [0, 0.05) is 18.3 Å². The summed E-state index contributed by atoms with van der Waals surface area (Å²) >= 11 is 0. The average molecular weight is 260 g/mol. The summed E-state index contributed by atoms with van der Waals surface area (Å²) in [6.07, 6.45) is 3.77. The van der Waals surface area contributed by atoms with E-state index in [1.165, 1.54) is 0 Å². The molecule has 0 bridgehead atoms. The Morgan fingerprint density at radius 1 is 1.42 bits per heavy atom. The predicted molar refractivity (Wildman–Crippen MR) is 67.7 cm³/mol. The van der Waals surface area contributed by atoms with Crippen LogP contribution >= 0.6 is 0 Å². The largest absolute Gasteiger partial charge is 0.544 e. The number of anilines is 1. The Kier molecular flexibility index (Phi) is 4.15. The Bertz CT molecular complexity index is 522. The molecule has 19 heavy (non-hydrogen) atoms. The quantitative estimate of drug-likeness (QED) is 0.614. The number of carbonyl (C=O) groups is 1. The molecule has 0 amide bonds. The van der Waals surface area contributed by atoms with Crippen molar-refractivity contribution in [1.82, 2.24) is 9.97 Å². The van der Waals surface area contributed by atoms with E-state index in [9.17, 15) is 9.90 Å². The third kappa shape index (κ3) is 3.82. The van der Waals surface area contributed by atoms with Crippen molar-refractivity contribution in [2.24, 2.45) is 0 Å². The fraction of sp³-hybridized carbons (Fsp3) is 0.231. The Balaban J connectivity index is 1.89. The second-order valence-corrected chi connectivity index (χ2v) is 4.35. The van der Waals surface area contributed by atoms with E-state index < -0.39 is 12.0 Å². The molecule has 0 unspecified atom stereocenters. The Morgan fingerprint density at radius 2 is 2.16 bits per heavy atom. The lowest BCUT2D eigenvalue weighted by molar-refractivity contribution is -0.437. The molecule has 0 aliphatic rings. The second-order valence-electron chi connectivity index (χ2n) is 4.35. The Hall–Kier alpha value is -2.34. The maximum absolute atomic E-state index is 10.6. The van der Waals surface area contributed by atoms with E-state index in [0.717, 1.165) is 16.9 Å². The lowest BCUT2D eigenvalue weighted by Crippen LogP contribution is -2.69. The molecule has 0 aliphatic heterocycles. The first-order valence-corrected chi connectivity index (χ1v) is 5.99. The van der Waals surface area contributed by atoms with Crippen molar-refractivity contribution < 1.29 is 15.6 Å². The smallest absolute Gasteiger partial charge is 0.129 e. The van der Waals surface area contributed by atoms with Crippen molar-refractivity contribution in [1.29, 1.82) is 0 Å². The van der Waals surface area contributed by atoms with Gasteiger partial charge in [-0.1, -0.05) is 12.1 Å². The van der Waals surface area contributed by atoms with Crippen molar-refractivity contribution in [3.8, 4) is 0 Å². The molecule has 0 radical (unpaired) electrons. The van der Waals surface area contributed by atoms with Gasteiger partial charge >= 0.3 is 0 Å². The summed E-state index contributed by atoms with van der Waals surface area (Å²) in [7, 11) is 0. The summed E-state index contributed by atoms with van der Waals surface area (Å²) in [6, 6.07) is 6.87. The normalized spacial score (nSPS) is 12.1. The third-order valence-corrected chi connectivity index (χ3v) is 2.81. The highest BCUT2D eigenvalue weighted by atomic mass is 16.4. The number of aromatic nitrogens is 2. The highest BCUT2D eigenvalue weighted by Crippen LogP contribution is 2.11. The minimum absolute atomic E-state index is 0.378. The molecule has 0 saturated heterocycles. The molecule has 2 aromatic rings. The number of carbonyl (C=O) groups excluding carboxylic acids is 1. The highest BCUT2D eigenvalue weighted by molar-refractivity contribution is 5.69. The van der Waals surface area contributed by atoms with Gasteiger partial charge in [0.2, 0.25) is 0 Å². The van der Waals surface area contributed by atoms with Crippen LogP contribution in [0.2, 0.25) is 0 Å². The third-order valence-electron chi connectivity index (χ3n) is 2.81. The maximum atomic E-state index is 10.6. The number of carboxylic acid groups (broad SMARTS) is 1. The van der Waals surface area contributed by atoms with E-state index in [0.29, 0.717) is 13.0 Å². The van der Waals surface area contributed by atoms with Crippen molar-refractivity contribution in [2.45, 2.75) is 19.0 Å². The first-order chi connectivity index (χ1) is 9.15. The van der Waals surface area contributed by atoms with Gasteiger partial charge in [0.25, 0.3) is 0 Å². The van der Waals surface area contributed by atoms with Gasteiger partial charge in [0.05, 0.1) is 24.5 Å². The zero-order valence-corrected chi connectivity index (χ0v) is 10.4. The Morgan fingerprint density at radius 3 is 2.74 bits per heavy atom. The van der Waals surface area contributed by atoms with Gasteiger partial charge in [0.1, 0.15) is 6.04 Å². The number of imidazole rings is 1. The molecule has 1 atom stereocenters. The lowest BCUT2D eigenvalue weighted by Gasteiger charge is -2.10. The lowest BCUT2D eigenvalue weighted by atomic mass is 10.1. The van der Waals surface area contributed by atoms with Gasteiger partial charge in [-0.25, -0.2) is 4.98 Å². The van der Waals surface area contributed by atoms with E-state index >= 15 is 0 Å². The van der Waals surface area contributed by atoms with Crippen LogP contribution in [0.15, 0.2) is 36.8 Å². The van der Waals surface area contributed by atoms with Crippen LogP contribution in [0.3, 0.4) is 0 Å². The first kappa shape index (κ1) is 13.1. The number of H-pyrrole nitrogens is 1. The fourth-order valence-electron chi connectivity index (χ4n) is 1.71. The number of hydrogen-bond acceptors (Lipinski definition) is 4. The number of nitrogens with one attached hydrogen (secondary N) is 2. The van der Waals surface area contributed by atoms with E-state index in [-0.39, 0.29) is 0 Å². The summed E-state index contributed by atoms with van der Waals surface area (Å²) in [4.78, 5) is 17.5. The molecule has 1 aromatic carbocycles. The molecule has 0 spiro atoms. The monoisotopic (exact) mass is 260 g/mol. The minimum atomic E-state index is -1.12. The summed E-state index contributed by atoms with van der Waals surface area (Å²) < 4.78 is 0. The number of aliphatic carboxylic acids is 1. The summed E-state index contributed by atoms with van der Waals surface area (Å²) in [5.74, 6) is -1.12. The van der Waals surface area contributed by atoms with Crippen LogP contribution in [0.4, 0.5) is 5.69 Å². The zero-order valence-electron chi connectivity index (χ0n) is 10.4. The molecule has 6 nitrogen and oxygen atoms in total. The maximum Gasteiger partial charge on any atom is 0.129 e. The van der Waals surface area contributed by atoms with Crippen LogP contribution in [-0.2, 0) is 17.8 Å². The van der Waals surface area contributed by atoms with E-state index in [1.807, 2.05) is 24.3 Å². The van der Waals surface area contributed by atoms with Crippen LogP contribution in [0.1, 0.15) is 11.3 Å². The number of rotatable bonds is 6. The number of carboxylic acids is 1. The van der Waals surface area contributed by atoms with E-state index in [4.69, 9.17) is 0 Å². The van der Waals surface area contributed by atoms with Gasteiger partial charge in [-0.3, -0.25) is 0 Å². The van der Waals surface area contributed by atoms with Crippen molar-refractivity contribution in [2.75, 3.05) is 5.32 Å². The molecular formula is C13H16N4O2. The van der Waals surface area contributed by atoms with E-state index in [2.05, 4.69) is 21.0 Å². The molecule has 6 heteroatoms. The molecule has 0 saturated carbocycles. The van der Waals surface area contributed by atoms with Gasteiger partial charge in [0.15, 0.2) is 0 Å². The molecule has 100 valence electrons.